The first-order chi connectivity index (χ1) is 9.74. The van der Waals surface area contributed by atoms with Crippen LogP contribution in [0.3, 0.4) is 0 Å². The van der Waals surface area contributed by atoms with E-state index in [1.54, 1.807) is 17.4 Å². The zero-order chi connectivity index (χ0) is 14.5. The van der Waals surface area contributed by atoms with Gasteiger partial charge in [0.2, 0.25) is 0 Å². The van der Waals surface area contributed by atoms with E-state index >= 15 is 0 Å². The van der Waals surface area contributed by atoms with Gasteiger partial charge in [0.1, 0.15) is 5.75 Å². The van der Waals surface area contributed by atoms with E-state index < -0.39 is 0 Å². The van der Waals surface area contributed by atoms with E-state index in [-0.39, 0.29) is 5.75 Å². The molecule has 106 valence electrons. The summed E-state index contributed by atoms with van der Waals surface area (Å²) in [5.41, 5.74) is 0.807. The summed E-state index contributed by atoms with van der Waals surface area (Å²) >= 11 is 1.63. The van der Waals surface area contributed by atoms with Crippen molar-refractivity contribution in [3.05, 3.63) is 39.7 Å². The molecule has 1 saturated heterocycles. The summed E-state index contributed by atoms with van der Waals surface area (Å²) < 4.78 is 1.01. The third kappa shape index (κ3) is 3.02. The number of phenolic OH excluding ortho intramolecular Hbond substituents is 1. The second kappa shape index (κ2) is 6.57. The molecule has 2 aromatic rings. The third-order valence-corrected chi connectivity index (χ3v) is 4.17. The van der Waals surface area contributed by atoms with Gasteiger partial charge in [-0.3, -0.25) is 0 Å². The Kier molecular flexibility index (Phi) is 4.79. The van der Waals surface area contributed by atoms with Crippen LogP contribution in [-0.2, 0) is 0 Å². The number of rotatable bonds is 2. The maximum Gasteiger partial charge on any atom is 0.186 e. The first-order valence-corrected chi connectivity index (χ1v) is 7.76. The Morgan fingerprint density at radius 3 is 2.60 bits per heavy atom. The van der Waals surface area contributed by atoms with Crippen LogP contribution in [0.4, 0.5) is 5.13 Å². The van der Waals surface area contributed by atoms with Crippen LogP contribution in [0.5, 0.6) is 5.75 Å². The molecule has 0 amide bonds. The lowest BCUT2D eigenvalue weighted by Crippen LogP contribution is -2.37. The van der Waals surface area contributed by atoms with Gasteiger partial charge in [0, 0.05) is 18.7 Å². The van der Waals surface area contributed by atoms with Crippen LogP contribution in [-0.4, -0.2) is 23.2 Å². The number of hydrogen-bond donors (Lipinski definition) is 1. The van der Waals surface area contributed by atoms with Gasteiger partial charge in [0.05, 0.1) is 9.88 Å². The quantitative estimate of drug-likeness (QED) is 0.921. The maximum atomic E-state index is 9.76. The van der Waals surface area contributed by atoms with Crippen molar-refractivity contribution in [1.29, 1.82) is 0 Å². The first kappa shape index (κ1) is 14.6. The Hall–Kier alpha value is -1.81. The highest BCUT2D eigenvalue weighted by molar-refractivity contribution is 7.13. The molecule has 1 N–H and O–H groups in total. The summed E-state index contributed by atoms with van der Waals surface area (Å²) in [6.45, 7) is 10.1. The molecule has 0 bridgehead atoms. The molecule has 3 rings (SSSR count). The second-order valence-electron chi connectivity index (χ2n) is 4.35. The minimum Gasteiger partial charge on any atom is -0.507 e. The minimum absolute atomic E-state index is 0.288. The van der Waals surface area contributed by atoms with E-state index in [0.717, 1.165) is 33.7 Å². The lowest BCUT2D eigenvalue weighted by Gasteiger charge is -2.30. The van der Waals surface area contributed by atoms with Gasteiger partial charge in [-0.25, -0.2) is 4.98 Å². The van der Waals surface area contributed by atoms with Crippen LogP contribution in [0.25, 0.3) is 12.7 Å². The van der Waals surface area contributed by atoms with E-state index in [0.29, 0.717) is 0 Å². The van der Waals surface area contributed by atoms with Crippen molar-refractivity contribution in [3.63, 3.8) is 0 Å². The number of benzene rings is 1. The van der Waals surface area contributed by atoms with E-state index in [9.17, 15) is 5.11 Å². The molecular weight excluding hydrogens is 268 g/mol. The van der Waals surface area contributed by atoms with Crippen molar-refractivity contribution in [3.8, 4) is 5.75 Å². The molecule has 1 fully saturated rings. The molecule has 0 radical (unpaired) electrons. The molecule has 0 spiro atoms. The van der Waals surface area contributed by atoms with Gasteiger partial charge >= 0.3 is 0 Å². The second-order valence-corrected chi connectivity index (χ2v) is 5.36. The van der Waals surface area contributed by atoms with Crippen molar-refractivity contribution >= 4 is 29.1 Å². The molecule has 0 aliphatic carbocycles. The van der Waals surface area contributed by atoms with Crippen molar-refractivity contribution in [2.24, 2.45) is 0 Å². The Balaban J connectivity index is 0.000000704. The number of aromatic hydroxyl groups is 1. The number of nitrogens with zero attached hydrogens (tertiary/aromatic N) is 2. The predicted octanol–water partition coefficient (Wildman–Crippen LogP) is 2.32. The van der Waals surface area contributed by atoms with E-state index in [2.05, 4.69) is 16.5 Å². The fourth-order valence-electron chi connectivity index (χ4n) is 1.86. The summed E-state index contributed by atoms with van der Waals surface area (Å²) in [5, 5.41) is 11.6. The van der Waals surface area contributed by atoms with Crippen LogP contribution in [0.1, 0.15) is 25.8 Å². The van der Waals surface area contributed by atoms with Crippen molar-refractivity contribution in [1.82, 2.24) is 4.98 Å². The molecular formula is C16H20N2OS. The average Bonchev–Trinajstić information content (AvgIpc) is 2.74. The van der Waals surface area contributed by atoms with Crippen molar-refractivity contribution in [2.45, 2.75) is 20.3 Å². The van der Waals surface area contributed by atoms with Gasteiger partial charge in [0.25, 0.3) is 0 Å². The topological polar surface area (TPSA) is 36.4 Å². The highest BCUT2D eigenvalue weighted by Crippen LogP contribution is 2.20. The van der Waals surface area contributed by atoms with Gasteiger partial charge < -0.3 is 10.0 Å². The lowest BCUT2D eigenvalue weighted by molar-refractivity contribution is 0.474. The SMILES string of the molecule is C=c1nc(N2CCC2)s/c1=C\c1ccccc1O.CC. The summed E-state index contributed by atoms with van der Waals surface area (Å²) in [5.74, 6) is 0.288. The zero-order valence-corrected chi connectivity index (χ0v) is 12.8. The first-order valence-electron chi connectivity index (χ1n) is 6.94. The van der Waals surface area contributed by atoms with Gasteiger partial charge in [0.15, 0.2) is 5.13 Å². The standard InChI is InChI=1S/C14H14N2OS.C2H6/c1-10-13(9-11-5-2-3-6-12(11)17)18-14(15-10)16-7-4-8-16;1-2/h2-3,5-6,9,17H,1,4,7-8H2;1-2H3/b13-9-;. The third-order valence-electron chi connectivity index (χ3n) is 3.07. The molecule has 20 heavy (non-hydrogen) atoms. The Morgan fingerprint density at radius 1 is 1.30 bits per heavy atom. The summed E-state index contributed by atoms with van der Waals surface area (Å²) in [4.78, 5) is 6.73. The van der Waals surface area contributed by atoms with Crippen LogP contribution < -0.4 is 14.8 Å². The van der Waals surface area contributed by atoms with E-state index in [1.165, 1.54) is 6.42 Å². The van der Waals surface area contributed by atoms with Crippen LogP contribution in [0.15, 0.2) is 24.3 Å². The number of phenols is 1. The Bertz CT molecular complexity index is 674. The van der Waals surface area contributed by atoms with Gasteiger partial charge in [-0.1, -0.05) is 50.0 Å². The number of anilines is 1. The molecule has 0 unspecified atom stereocenters. The summed E-state index contributed by atoms with van der Waals surface area (Å²) in [6.07, 6.45) is 3.18. The molecule has 2 heterocycles. The minimum atomic E-state index is 0.288. The molecule has 1 aromatic carbocycles. The normalized spacial score (nSPS) is 14.5. The monoisotopic (exact) mass is 288 g/mol. The van der Waals surface area contributed by atoms with Crippen LogP contribution in [0, 0.1) is 0 Å². The van der Waals surface area contributed by atoms with E-state index in [4.69, 9.17) is 0 Å². The molecule has 0 saturated carbocycles. The number of thiazole rings is 1. The van der Waals surface area contributed by atoms with Gasteiger partial charge in [-0.2, -0.15) is 0 Å². The number of aromatic nitrogens is 1. The number of para-hydroxylation sites is 1. The van der Waals surface area contributed by atoms with Crippen LogP contribution >= 0.6 is 11.3 Å². The molecule has 1 aromatic heterocycles. The van der Waals surface area contributed by atoms with Crippen molar-refractivity contribution in [2.75, 3.05) is 18.0 Å². The lowest BCUT2D eigenvalue weighted by atomic mass is 10.2. The fourth-order valence-corrected chi connectivity index (χ4v) is 2.87. The maximum absolute atomic E-state index is 9.76. The van der Waals surface area contributed by atoms with E-state index in [1.807, 2.05) is 38.1 Å². The zero-order valence-electron chi connectivity index (χ0n) is 12.0. The van der Waals surface area contributed by atoms with Gasteiger partial charge in [-0.05, 0) is 18.6 Å². The predicted molar refractivity (Wildman–Crippen MR) is 86.7 cm³/mol. The molecule has 1 aliphatic heterocycles. The summed E-state index contributed by atoms with van der Waals surface area (Å²) in [6, 6.07) is 7.30. The molecule has 3 nitrogen and oxygen atoms in total. The highest BCUT2D eigenvalue weighted by Gasteiger charge is 2.17. The van der Waals surface area contributed by atoms with Crippen molar-refractivity contribution < 1.29 is 5.11 Å². The van der Waals surface area contributed by atoms with Gasteiger partial charge in [-0.15, -0.1) is 0 Å². The average molecular weight is 288 g/mol. The fraction of sp³-hybridized carbons (Fsp3) is 0.312. The molecule has 4 heteroatoms. The Labute approximate surface area is 123 Å². The number of hydrogen-bond acceptors (Lipinski definition) is 4. The highest BCUT2D eigenvalue weighted by atomic mass is 32.1. The largest absolute Gasteiger partial charge is 0.507 e. The molecule has 1 aliphatic rings. The smallest absolute Gasteiger partial charge is 0.186 e. The summed E-state index contributed by atoms with van der Waals surface area (Å²) in [7, 11) is 0. The molecule has 0 atom stereocenters. The van der Waals surface area contributed by atoms with Crippen LogP contribution in [0.2, 0.25) is 0 Å². The Morgan fingerprint density at radius 2 is 2.00 bits per heavy atom.